The van der Waals surface area contributed by atoms with E-state index >= 15 is 0 Å². The molecule has 1 amide bonds. The van der Waals surface area contributed by atoms with Crippen LogP contribution < -0.4 is 10.2 Å². The number of thiazole rings is 1. The third-order valence-corrected chi connectivity index (χ3v) is 5.15. The van der Waals surface area contributed by atoms with Crippen molar-refractivity contribution < 1.29 is 4.79 Å². The highest BCUT2D eigenvalue weighted by atomic mass is 32.1. The number of amides is 1. The molecule has 2 aromatic heterocycles. The number of anilines is 1. The van der Waals surface area contributed by atoms with Gasteiger partial charge in [-0.1, -0.05) is 5.10 Å². The van der Waals surface area contributed by atoms with Crippen molar-refractivity contribution in [2.45, 2.75) is 39.8 Å². The van der Waals surface area contributed by atoms with E-state index in [4.69, 9.17) is 0 Å². The van der Waals surface area contributed by atoms with Crippen molar-refractivity contribution in [2.24, 2.45) is 0 Å². The van der Waals surface area contributed by atoms with Crippen LogP contribution in [-0.4, -0.2) is 38.1 Å². The number of fused-ring (bicyclic) bond motifs is 1. The highest BCUT2D eigenvalue weighted by Gasteiger charge is 2.31. The molecule has 8 nitrogen and oxygen atoms in total. The minimum atomic E-state index is -0.539. The second-order valence-corrected chi connectivity index (χ2v) is 7.35. The zero-order valence-corrected chi connectivity index (χ0v) is 14.6. The zero-order valence-electron chi connectivity index (χ0n) is 13.8. The smallest absolute Gasteiger partial charge is 0.251 e. The summed E-state index contributed by atoms with van der Waals surface area (Å²) in [6.07, 6.45) is 1.82. The number of hydrogen-bond donors (Lipinski definition) is 1. The second-order valence-electron chi connectivity index (χ2n) is 6.11. The van der Waals surface area contributed by atoms with Crippen molar-refractivity contribution in [3.8, 4) is 0 Å². The SMILES string of the molecule is CC1=C(C(=O)NC(C)(C)c2ncc(C)s2)Cn2nnnc2N1C. The lowest BCUT2D eigenvalue weighted by molar-refractivity contribution is -0.119. The highest BCUT2D eigenvalue weighted by Crippen LogP contribution is 2.27. The van der Waals surface area contributed by atoms with E-state index in [2.05, 4.69) is 25.8 Å². The van der Waals surface area contributed by atoms with Gasteiger partial charge in [-0.3, -0.25) is 4.79 Å². The summed E-state index contributed by atoms with van der Waals surface area (Å²) >= 11 is 1.58. The molecule has 0 bridgehead atoms. The normalized spacial score (nSPS) is 14.9. The van der Waals surface area contributed by atoms with Gasteiger partial charge < -0.3 is 10.2 Å². The van der Waals surface area contributed by atoms with Gasteiger partial charge in [0.1, 0.15) is 5.01 Å². The van der Waals surface area contributed by atoms with Crippen LogP contribution in [0.1, 0.15) is 30.7 Å². The molecule has 2 aromatic rings. The van der Waals surface area contributed by atoms with Crippen LogP contribution in [0, 0.1) is 6.92 Å². The largest absolute Gasteiger partial charge is 0.341 e. The molecule has 23 heavy (non-hydrogen) atoms. The predicted molar refractivity (Wildman–Crippen MR) is 86.9 cm³/mol. The molecule has 0 radical (unpaired) electrons. The van der Waals surface area contributed by atoms with Crippen LogP contribution in [0.15, 0.2) is 17.5 Å². The number of aryl methyl sites for hydroxylation is 1. The van der Waals surface area contributed by atoms with Crippen molar-refractivity contribution in [3.63, 3.8) is 0 Å². The molecular formula is C14H19N7OS. The molecule has 3 heterocycles. The van der Waals surface area contributed by atoms with Crippen LogP contribution in [0.4, 0.5) is 5.95 Å². The van der Waals surface area contributed by atoms with E-state index in [9.17, 15) is 4.79 Å². The first kappa shape index (κ1) is 15.6. The van der Waals surface area contributed by atoms with E-state index in [1.807, 2.05) is 45.8 Å². The molecule has 9 heteroatoms. The molecule has 1 aliphatic rings. The van der Waals surface area contributed by atoms with E-state index in [-0.39, 0.29) is 5.91 Å². The molecule has 0 aromatic carbocycles. The first-order valence-corrected chi connectivity index (χ1v) is 8.06. The Bertz CT molecular complexity index is 789. The van der Waals surface area contributed by atoms with E-state index in [0.717, 1.165) is 15.6 Å². The third-order valence-electron chi connectivity index (χ3n) is 3.92. The van der Waals surface area contributed by atoms with E-state index < -0.39 is 5.54 Å². The van der Waals surface area contributed by atoms with Gasteiger partial charge in [0.2, 0.25) is 5.95 Å². The van der Waals surface area contributed by atoms with Crippen molar-refractivity contribution in [2.75, 3.05) is 11.9 Å². The zero-order chi connectivity index (χ0) is 16.8. The molecule has 0 atom stereocenters. The van der Waals surface area contributed by atoms with Gasteiger partial charge in [0, 0.05) is 23.8 Å². The number of tetrazole rings is 1. The lowest BCUT2D eigenvalue weighted by Gasteiger charge is -2.29. The summed E-state index contributed by atoms with van der Waals surface area (Å²) in [6, 6.07) is 0. The summed E-state index contributed by atoms with van der Waals surface area (Å²) in [7, 11) is 1.85. The summed E-state index contributed by atoms with van der Waals surface area (Å²) in [4.78, 5) is 20.1. The van der Waals surface area contributed by atoms with Gasteiger partial charge in [0.05, 0.1) is 17.7 Å². The summed E-state index contributed by atoms with van der Waals surface area (Å²) in [5.74, 6) is 0.502. The Morgan fingerprint density at radius 3 is 2.78 bits per heavy atom. The van der Waals surface area contributed by atoms with Gasteiger partial charge in [0.25, 0.3) is 5.91 Å². The maximum atomic E-state index is 12.8. The molecule has 0 fully saturated rings. The van der Waals surface area contributed by atoms with Crippen LogP contribution >= 0.6 is 11.3 Å². The fraction of sp³-hybridized carbons (Fsp3) is 0.500. The molecule has 122 valence electrons. The fourth-order valence-corrected chi connectivity index (χ4v) is 3.27. The van der Waals surface area contributed by atoms with E-state index in [1.165, 1.54) is 0 Å². The molecule has 0 unspecified atom stereocenters. The molecule has 3 rings (SSSR count). The summed E-state index contributed by atoms with van der Waals surface area (Å²) < 4.78 is 1.61. The monoisotopic (exact) mass is 333 g/mol. The van der Waals surface area contributed by atoms with Gasteiger partial charge >= 0.3 is 0 Å². The van der Waals surface area contributed by atoms with Crippen LogP contribution in [0.3, 0.4) is 0 Å². The molecule has 1 aliphatic heterocycles. The number of allylic oxidation sites excluding steroid dienone is 1. The van der Waals surface area contributed by atoms with Gasteiger partial charge in [-0.15, -0.1) is 11.3 Å². The van der Waals surface area contributed by atoms with Crippen molar-refractivity contribution in [1.29, 1.82) is 0 Å². The predicted octanol–water partition coefficient (Wildman–Crippen LogP) is 1.21. The van der Waals surface area contributed by atoms with Gasteiger partial charge in [-0.05, 0) is 38.1 Å². The topological polar surface area (TPSA) is 88.8 Å². The number of nitrogens with zero attached hydrogens (tertiary/aromatic N) is 6. The minimum absolute atomic E-state index is 0.131. The fourth-order valence-electron chi connectivity index (χ4n) is 2.45. The van der Waals surface area contributed by atoms with Crippen molar-refractivity contribution >= 4 is 23.2 Å². The second kappa shape index (κ2) is 5.41. The molecule has 0 saturated heterocycles. The number of hydrogen-bond acceptors (Lipinski definition) is 7. The Hall–Kier alpha value is -2.29. The summed E-state index contributed by atoms with van der Waals surface area (Å²) in [5.41, 5.74) is 0.951. The maximum Gasteiger partial charge on any atom is 0.251 e. The first-order chi connectivity index (χ1) is 10.8. The minimum Gasteiger partial charge on any atom is -0.341 e. The molecule has 0 saturated carbocycles. The van der Waals surface area contributed by atoms with Crippen molar-refractivity contribution in [3.05, 3.63) is 27.4 Å². The van der Waals surface area contributed by atoms with Crippen molar-refractivity contribution in [1.82, 2.24) is 30.5 Å². The Balaban J connectivity index is 1.84. The Morgan fingerprint density at radius 2 is 2.13 bits per heavy atom. The first-order valence-electron chi connectivity index (χ1n) is 7.24. The lowest BCUT2D eigenvalue weighted by Crippen LogP contribution is -2.44. The number of aromatic nitrogens is 5. The number of rotatable bonds is 3. The maximum absolute atomic E-state index is 12.8. The van der Waals surface area contributed by atoms with Gasteiger partial charge in [0.15, 0.2) is 0 Å². The molecule has 0 aliphatic carbocycles. The number of carbonyl (C=O) groups is 1. The summed E-state index contributed by atoms with van der Waals surface area (Å²) in [6.45, 7) is 8.16. The molecular weight excluding hydrogens is 314 g/mol. The lowest BCUT2D eigenvalue weighted by atomic mass is 10.0. The number of nitrogens with one attached hydrogen (secondary N) is 1. The Kier molecular flexibility index (Phi) is 3.67. The van der Waals surface area contributed by atoms with E-state index in [0.29, 0.717) is 18.1 Å². The number of carbonyl (C=O) groups excluding carboxylic acids is 1. The molecule has 1 N–H and O–H groups in total. The van der Waals surface area contributed by atoms with Crippen LogP contribution in [-0.2, 0) is 16.9 Å². The van der Waals surface area contributed by atoms with Crippen LogP contribution in [0.5, 0.6) is 0 Å². The standard InChI is InChI=1S/C14H19N7OS/c1-8-6-15-12(23-8)14(3,4)16-11(22)10-7-21-13(17-18-19-21)20(5)9(10)2/h6H,7H2,1-5H3,(H,16,22). The van der Waals surface area contributed by atoms with Crippen LogP contribution in [0.2, 0.25) is 0 Å². The Labute approximate surface area is 138 Å². The molecule has 0 spiro atoms. The Morgan fingerprint density at radius 1 is 1.39 bits per heavy atom. The van der Waals surface area contributed by atoms with Crippen LogP contribution in [0.25, 0.3) is 0 Å². The van der Waals surface area contributed by atoms with Gasteiger partial charge in [-0.2, -0.15) is 0 Å². The van der Waals surface area contributed by atoms with E-state index in [1.54, 1.807) is 16.0 Å². The third kappa shape index (κ3) is 2.72. The quantitative estimate of drug-likeness (QED) is 0.908. The van der Waals surface area contributed by atoms with Gasteiger partial charge in [-0.25, -0.2) is 9.67 Å². The highest BCUT2D eigenvalue weighted by molar-refractivity contribution is 7.11. The average molecular weight is 333 g/mol. The summed E-state index contributed by atoms with van der Waals surface area (Å²) in [5, 5.41) is 15.5. The average Bonchev–Trinajstić information content (AvgIpc) is 3.11.